The first-order valence-corrected chi connectivity index (χ1v) is 6.50. The number of fused-ring (bicyclic) bond motifs is 1. The zero-order chi connectivity index (χ0) is 13.5. The first-order chi connectivity index (χ1) is 8.77. The van der Waals surface area contributed by atoms with Crippen LogP contribution in [0.4, 0.5) is 0 Å². The van der Waals surface area contributed by atoms with Crippen LogP contribution in [0.25, 0.3) is 10.8 Å². The molecule has 0 aliphatic carbocycles. The summed E-state index contributed by atoms with van der Waals surface area (Å²) in [5, 5.41) is 2.49. The van der Waals surface area contributed by atoms with E-state index in [1.807, 2.05) is 0 Å². The number of benzene rings is 2. The Labute approximate surface area is 144 Å². The molecule has 0 aliphatic heterocycles. The molecule has 0 radical (unpaired) electrons. The molecule has 0 N–H and O–H groups in total. The zero-order valence-corrected chi connectivity index (χ0v) is 16.2. The Bertz CT molecular complexity index is 509. The van der Waals surface area contributed by atoms with Crippen LogP contribution in [0.15, 0.2) is 30.3 Å². The van der Waals surface area contributed by atoms with Crippen molar-refractivity contribution in [1.29, 1.82) is 0 Å². The Hall–Kier alpha value is -0.288. The second-order valence-corrected chi connectivity index (χ2v) is 4.50. The van der Waals surface area contributed by atoms with Crippen LogP contribution in [-0.2, 0) is 4.79 Å². The van der Waals surface area contributed by atoms with Crippen molar-refractivity contribution < 1.29 is 35.9 Å². The number of hydrogen-bond acceptors (Lipinski definition) is 1. The number of alkyl halides is 1. The summed E-state index contributed by atoms with van der Waals surface area (Å²) >= 11 is 6.06. The minimum absolute atomic E-state index is 0. The second-order valence-electron chi connectivity index (χ2n) is 4.19. The van der Waals surface area contributed by atoms with Crippen molar-refractivity contribution in [1.82, 2.24) is 0 Å². The summed E-state index contributed by atoms with van der Waals surface area (Å²) < 4.78 is 0. The number of hydrogen-bond donors (Lipinski definition) is 0. The average Bonchev–Trinajstić information content (AvgIpc) is 2.44. The third-order valence-electron chi connectivity index (χ3n) is 3.17. The fraction of sp³-hybridized carbons (Fsp3) is 0.312. The molecule has 98 valence electrons. The van der Waals surface area contributed by atoms with E-state index in [2.05, 4.69) is 57.0 Å². The maximum Gasteiger partial charge on any atom is 2.00 e. The van der Waals surface area contributed by atoms with E-state index >= 15 is 0 Å². The van der Waals surface area contributed by atoms with Gasteiger partial charge in [0.1, 0.15) is 0 Å². The normalized spacial score (nSPS) is 11.1. The molecular formula is C16H17ClOU. The topological polar surface area (TPSA) is 17.1 Å². The summed E-state index contributed by atoms with van der Waals surface area (Å²) in [5.41, 5.74) is 2.69. The van der Waals surface area contributed by atoms with Gasteiger partial charge in [-0.3, -0.25) is 6.79 Å². The molecule has 0 aromatic heterocycles. The summed E-state index contributed by atoms with van der Waals surface area (Å²) in [7, 11) is 0. The van der Waals surface area contributed by atoms with E-state index in [4.69, 9.17) is 16.4 Å². The fourth-order valence-corrected chi connectivity index (χ4v) is 2.62. The predicted molar refractivity (Wildman–Crippen MR) is 78.0 cm³/mol. The predicted octanol–water partition coefficient (Wildman–Crippen LogP) is 4.41. The van der Waals surface area contributed by atoms with Gasteiger partial charge in [0.25, 0.3) is 0 Å². The average molecular weight is 499 g/mol. The Morgan fingerprint density at radius 2 is 1.95 bits per heavy atom. The summed E-state index contributed by atoms with van der Waals surface area (Å²) in [5.74, 6) is 1.13. The first-order valence-electron chi connectivity index (χ1n) is 5.97. The van der Waals surface area contributed by atoms with Crippen molar-refractivity contribution >= 4 is 29.2 Å². The van der Waals surface area contributed by atoms with Gasteiger partial charge in [0.05, 0.1) is 0 Å². The zero-order valence-electron chi connectivity index (χ0n) is 11.2. The molecule has 0 fully saturated rings. The molecule has 19 heavy (non-hydrogen) atoms. The van der Waals surface area contributed by atoms with Gasteiger partial charge >= 0.3 is 31.1 Å². The monoisotopic (exact) mass is 498 g/mol. The number of rotatable bonds is 3. The van der Waals surface area contributed by atoms with E-state index in [1.54, 1.807) is 0 Å². The van der Waals surface area contributed by atoms with Crippen molar-refractivity contribution in [3.8, 4) is 0 Å². The Morgan fingerprint density at radius 1 is 1.32 bits per heavy atom. The van der Waals surface area contributed by atoms with Crippen LogP contribution in [0, 0.1) is 44.1 Å². The van der Waals surface area contributed by atoms with E-state index in [-0.39, 0.29) is 31.1 Å². The summed E-state index contributed by atoms with van der Waals surface area (Å²) in [6.07, 6.45) is 1.08. The molecule has 2 rings (SSSR count). The van der Waals surface area contributed by atoms with E-state index < -0.39 is 0 Å². The number of carbonyl (C=O) groups excluding carboxylic acids is 1. The molecule has 2 aromatic rings. The quantitative estimate of drug-likeness (QED) is 0.348. The van der Waals surface area contributed by atoms with E-state index in [1.165, 1.54) is 21.9 Å². The molecule has 0 saturated carbocycles. The molecule has 2 aromatic carbocycles. The van der Waals surface area contributed by atoms with Crippen LogP contribution in [0.1, 0.15) is 30.4 Å². The van der Waals surface area contributed by atoms with Gasteiger partial charge < -0.3 is 4.79 Å². The maximum atomic E-state index is 7.75. The van der Waals surface area contributed by atoms with Gasteiger partial charge in [-0.15, -0.1) is 57.8 Å². The SMILES string of the molecule is CC[C@@H](CCl)c1c(C)c[c-]c2ccccc12.[CH-]=O.[U+2]. The molecule has 1 atom stereocenters. The van der Waals surface area contributed by atoms with Crippen LogP contribution >= 0.6 is 11.6 Å². The Balaban J connectivity index is 0.00000103. The van der Waals surface area contributed by atoms with Crippen LogP contribution in [0.2, 0.25) is 0 Å². The van der Waals surface area contributed by atoms with Crippen molar-refractivity contribution in [2.24, 2.45) is 0 Å². The van der Waals surface area contributed by atoms with E-state index in [0.29, 0.717) is 11.8 Å². The van der Waals surface area contributed by atoms with E-state index in [9.17, 15) is 0 Å². The molecule has 0 bridgehead atoms. The van der Waals surface area contributed by atoms with Crippen LogP contribution in [0.5, 0.6) is 0 Å². The van der Waals surface area contributed by atoms with Crippen molar-refractivity contribution in [2.75, 3.05) is 5.88 Å². The maximum absolute atomic E-state index is 7.75. The van der Waals surface area contributed by atoms with Gasteiger partial charge in [-0.25, -0.2) is 0 Å². The van der Waals surface area contributed by atoms with Crippen molar-refractivity contribution in [3.05, 3.63) is 47.5 Å². The summed E-state index contributed by atoms with van der Waals surface area (Å²) in [6, 6.07) is 13.8. The first kappa shape index (κ1) is 18.7. The van der Waals surface area contributed by atoms with Crippen LogP contribution in [-0.4, -0.2) is 12.7 Å². The minimum atomic E-state index is 0. The second kappa shape index (κ2) is 9.59. The largest absolute Gasteiger partial charge is 2.00 e. The molecule has 0 heterocycles. The van der Waals surface area contributed by atoms with Crippen LogP contribution < -0.4 is 0 Å². The number of aryl methyl sites for hydroxylation is 1. The third kappa shape index (κ3) is 4.35. The van der Waals surface area contributed by atoms with Crippen molar-refractivity contribution in [2.45, 2.75) is 26.2 Å². The third-order valence-corrected chi connectivity index (χ3v) is 3.55. The molecule has 0 amide bonds. The minimum Gasteiger partial charge on any atom is -0.545 e. The smallest absolute Gasteiger partial charge is 0.545 e. The molecule has 0 saturated heterocycles. The van der Waals surface area contributed by atoms with Gasteiger partial charge in [0.15, 0.2) is 0 Å². The Kier molecular flexibility index (Phi) is 9.44. The fourth-order valence-electron chi connectivity index (χ4n) is 2.25. The van der Waals surface area contributed by atoms with Gasteiger partial charge in [-0.05, 0) is 12.3 Å². The van der Waals surface area contributed by atoms with Crippen molar-refractivity contribution in [3.63, 3.8) is 0 Å². The molecule has 0 aliphatic rings. The van der Waals surface area contributed by atoms with Gasteiger partial charge in [-0.2, -0.15) is 0 Å². The number of halogens is 1. The standard InChI is InChI=1S/C15H16Cl.CHO.U/c1-3-12(10-16)15-11(2)8-9-13-6-4-5-7-14(13)15;1-2;/h4-8,12H,3,10H2,1-2H3;1H;/q2*-1;+2/t12-;;/m0../s1. The van der Waals surface area contributed by atoms with Gasteiger partial charge in [0.2, 0.25) is 0 Å². The molecule has 0 unspecified atom stereocenters. The molecule has 0 spiro atoms. The molecule has 3 heteroatoms. The van der Waals surface area contributed by atoms with Crippen LogP contribution in [0.3, 0.4) is 0 Å². The molecular weight excluding hydrogens is 482 g/mol. The summed E-state index contributed by atoms with van der Waals surface area (Å²) in [4.78, 5) is 7.75. The van der Waals surface area contributed by atoms with Gasteiger partial charge in [0, 0.05) is 5.88 Å². The summed E-state index contributed by atoms with van der Waals surface area (Å²) in [6.45, 7) is 7.59. The Morgan fingerprint density at radius 3 is 2.53 bits per heavy atom. The molecule has 1 nitrogen and oxygen atoms in total. The van der Waals surface area contributed by atoms with E-state index in [0.717, 1.165) is 6.42 Å². The van der Waals surface area contributed by atoms with Gasteiger partial charge in [-0.1, -0.05) is 26.0 Å².